The summed E-state index contributed by atoms with van der Waals surface area (Å²) in [5.41, 5.74) is 0.696. The largest absolute Gasteiger partial charge is 0.378 e. The fourth-order valence-electron chi connectivity index (χ4n) is 2.87. The topological polar surface area (TPSA) is 101 Å². The Morgan fingerprint density at radius 3 is 2.61 bits per heavy atom. The van der Waals surface area contributed by atoms with Crippen molar-refractivity contribution in [2.24, 2.45) is 10.9 Å². The summed E-state index contributed by atoms with van der Waals surface area (Å²) >= 11 is 0. The lowest BCUT2D eigenvalue weighted by Crippen LogP contribution is -2.44. The summed E-state index contributed by atoms with van der Waals surface area (Å²) in [6.45, 7) is 5.43. The second-order valence-electron chi connectivity index (χ2n) is 5.26. The van der Waals surface area contributed by atoms with E-state index in [-0.39, 0.29) is 0 Å². The van der Waals surface area contributed by atoms with Crippen LogP contribution in [0.15, 0.2) is 11.3 Å². The van der Waals surface area contributed by atoms with Crippen molar-refractivity contribution in [3.63, 3.8) is 0 Å². The average Bonchev–Trinajstić information content (AvgIpc) is 2.62. The van der Waals surface area contributed by atoms with Crippen LogP contribution in [0.5, 0.6) is 0 Å². The van der Waals surface area contributed by atoms with Crippen molar-refractivity contribution < 1.29 is 4.74 Å². The molecule has 1 aromatic heterocycles. The second-order valence-corrected chi connectivity index (χ2v) is 5.26. The van der Waals surface area contributed by atoms with Gasteiger partial charge < -0.3 is 14.5 Å². The second kappa shape index (κ2) is 6.59. The Kier molecular flexibility index (Phi) is 4.35. The molecule has 0 bridgehead atoms. The summed E-state index contributed by atoms with van der Waals surface area (Å²) in [5.74, 6) is 0.664. The third-order valence-electron chi connectivity index (χ3n) is 4.04. The van der Waals surface area contributed by atoms with Crippen molar-refractivity contribution in [2.45, 2.75) is 13.0 Å². The lowest BCUT2D eigenvalue weighted by Gasteiger charge is -2.35. The highest BCUT2D eigenvalue weighted by Crippen LogP contribution is 2.38. The number of anilines is 2. The molecule has 1 aromatic rings. The minimum Gasteiger partial charge on any atom is -0.378 e. The van der Waals surface area contributed by atoms with E-state index in [0.29, 0.717) is 31.3 Å². The van der Waals surface area contributed by atoms with Gasteiger partial charge in [-0.05, 0) is 6.92 Å². The number of morpholine rings is 1. The number of hydrogen-bond acceptors (Lipinski definition) is 8. The summed E-state index contributed by atoms with van der Waals surface area (Å²) in [6.07, 6.45) is 3.17. The van der Waals surface area contributed by atoms with Gasteiger partial charge in [-0.2, -0.15) is 10.5 Å². The molecule has 0 N–H and O–H groups in total. The van der Waals surface area contributed by atoms with Gasteiger partial charge in [0.25, 0.3) is 0 Å². The summed E-state index contributed by atoms with van der Waals surface area (Å²) in [6, 6.07) is 3.67. The molecule has 1 fully saturated rings. The van der Waals surface area contributed by atoms with Gasteiger partial charge in [-0.1, -0.05) is 0 Å². The predicted molar refractivity (Wildman–Crippen MR) is 84.7 cm³/mol. The number of hydrogen-bond donors (Lipinski definition) is 0. The molecule has 118 valence electrons. The molecular weight excluding hydrogens is 294 g/mol. The third kappa shape index (κ3) is 2.69. The fourth-order valence-corrected chi connectivity index (χ4v) is 2.87. The van der Waals surface area contributed by atoms with Gasteiger partial charge in [-0.15, -0.1) is 0 Å². The van der Waals surface area contributed by atoms with Crippen molar-refractivity contribution in [1.82, 2.24) is 9.97 Å². The number of nitrogens with zero attached hydrogens (tertiary/aromatic N) is 7. The fraction of sp³-hybridized carbons (Fsp3) is 0.533. The Hall–Kier alpha value is -2.71. The zero-order chi connectivity index (χ0) is 16.2. The van der Waals surface area contributed by atoms with E-state index in [1.54, 1.807) is 6.21 Å². The molecule has 2 aliphatic rings. The van der Waals surface area contributed by atoms with Gasteiger partial charge in [-0.25, -0.2) is 9.97 Å². The maximum absolute atomic E-state index is 9.18. The molecule has 1 saturated heterocycles. The van der Waals surface area contributed by atoms with Crippen LogP contribution in [-0.2, 0) is 4.74 Å². The van der Waals surface area contributed by atoms with Crippen LogP contribution >= 0.6 is 0 Å². The number of aliphatic imine (C=N–C) groups is 1. The average molecular weight is 311 g/mol. The Morgan fingerprint density at radius 2 is 1.96 bits per heavy atom. The molecule has 0 radical (unpaired) electrons. The molecule has 0 saturated carbocycles. The minimum atomic E-state index is -0.784. The molecule has 0 spiro atoms. The van der Waals surface area contributed by atoms with E-state index in [1.807, 2.05) is 24.0 Å². The van der Waals surface area contributed by atoms with E-state index in [0.717, 1.165) is 18.9 Å². The standard InChI is InChI=1S/C15H17N7O/c1-2-22-12(11(7-16)8-17)9-18-13-14(19-10-20-15(13)22)21-3-5-23-6-4-21/h9-12H,2-6H2,1H3. The highest BCUT2D eigenvalue weighted by atomic mass is 16.5. The van der Waals surface area contributed by atoms with E-state index < -0.39 is 12.0 Å². The molecule has 8 nitrogen and oxygen atoms in total. The number of rotatable bonds is 3. The molecule has 1 atom stereocenters. The molecule has 0 aliphatic carbocycles. The molecular formula is C15H17N7O. The first kappa shape index (κ1) is 15.2. The SMILES string of the molecule is CCN1c2ncnc(N3CCOCC3)c2N=CC1C(C#N)C#N. The van der Waals surface area contributed by atoms with Gasteiger partial charge in [0, 0.05) is 25.8 Å². The zero-order valence-electron chi connectivity index (χ0n) is 12.9. The molecule has 0 aromatic carbocycles. The van der Waals surface area contributed by atoms with Crippen LogP contribution in [0.2, 0.25) is 0 Å². The van der Waals surface area contributed by atoms with Crippen molar-refractivity contribution in [3.8, 4) is 12.1 Å². The molecule has 1 unspecified atom stereocenters. The quantitative estimate of drug-likeness (QED) is 0.816. The van der Waals surface area contributed by atoms with Crippen LogP contribution < -0.4 is 9.80 Å². The van der Waals surface area contributed by atoms with Gasteiger partial charge in [0.2, 0.25) is 0 Å². The van der Waals surface area contributed by atoms with Crippen LogP contribution in [0.4, 0.5) is 17.3 Å². The van der Waals surface area contributed by atoms with E-state index in [9.17, 15) is 10.5 Å². The zero-order valence-corrected chi connectivity index (χ0v) is 12.9. The lowest BCUT2D eigenvalue weighted by atomic mass is 10.0. The normalized spacial score (nSPS) is 20.1. The first-order chi connectivity index (χ1) is 11.3. The van der Waals surface area contributed by atoms with Crippen molar-refractivity contribution >= 4 is 23.5 Å². The van der Waals surface area contributed by atoms with Gasteiger partial charge in [0.05, 0.1) is 31.4 Å². The van der Waals surface area contributed by atoms with Crippen molar-refractivity contribution in [1.29, 1.82) is 10.5 Å². The minimum absolute atomic E-state index is 0.394. The van der Waals surface area contributed by atoms with Crippen LogP contribution in [0, 0.1) is 28.6 Å². The van der Waals surface area contributed by atoms with Crippen molar-refractivity contribution in [3.05, 3.63) is 6.33 Å². The summed E-state index contributed by atoms with van der Waals surface area (Å²) in [5, 5.41) is 18.4. The van der Waals surface area contributed by atoms with E-state index in [2.05, 4.69) is 19.9 Å². The predicted octanol–water partition coefficient (Wildman–Crippen LogP) is 0.887. The highest BCUT2D eigenvalue weighted by molar-refractivity contribution is 5.88. The number of nitriles is 2. The molecule has 3 rings (SSSR count). The molecule has 3 heterocycles. The third-order valence-corrected chi connectivity index (χ3v) is 4.04. The Morgan fingerprint density at radius 1 is 1.26 bits per heavy atom. The van der Waals surface area contributed by atoms with Gasteiger partial charge in [-0.3, -0.25) is 4.99 Å². The molecule has 2 aliphatic heterocycles. The summed E-state index contributed by atoms with van der Waals surface area (Å²) < 4.78 is 5.38. The van der Waals surface area contributed by atoms with Crippen LogP contribution in [0.3, 0.4) is 0 Å². The first-order valence-electron chi connectivity index (χ1n) is 7.58. The van der Waals surface area contributed by atoms with Crippen LogP contribution in [0.25, 0.3) is 0 Å². The Bertz CT molecular complexity index is 670. The molecule has 8 heteroatoms. The van der Waals surface area contributed by atoms with Gasteiger partial charge >= 0.3 is 0 Å². The number of fused-ring (bicyclic) bond motifs is 1. The van der Waals surface area contributed by atoms with Gasteiger partial charge in [0.1, 0.15) is 12.0 Å². The summed E-state index contributed by atoms with van der Waals surface area (Å²) in [7, 11) is 0. The van der Waals surface area contributed by atoms with Crippen molar-refractivity contribution in [2.75, 3.05) is 42.6 Å². The Labute approximate surface area is 134 Å². The van der Waals surface area contributed by atoms with E-state index in [1.165, 1.54) is 6.33 Å². The first-order valence-corrected chi connectivity index (χ1v) is 7.58. The molecule has 0 amide bonds. The molecule has 23 heavy (non-hydrogen) atoms. The van der Waals surface area contributed by atoms with E-state index >= 15 is 0 Å². The monoisotopic (exact) mass is 311 g/mol. The van der Waals surface area contributed by atoms with Crippen LogP contribution in [-0.4, -0.2) is 55.1 Å². The summed E-state index contributed by atoms with van der Waals surface area (Å²) in [4.78, 5) is 17.3. The number of aromatic nitrogens is 2. The maximum atomic E-state index is 9.18. The maximum Gasteiger partial charge on any atom is 0.160 e. The van der Waals surface area contributed by atoms with Gasteiger partial charge in [0.15, 0.2) is 17.6 Å². The number of ether oxygens (including phenoxy) is 1. The smallest absolute Gasteiger partial charge is 0.160 e. The van der Waals surface area contributed by atoms with E-state index in [4.69, 9.17) is 4.74 Å². The lowest BCUT2D eigenvalue weighted by molar-refractivity contribution is 0.122. The highest BCUT2D eigenvalue weighted by Gasteiger charge is 2.33. The van der Waals surface area contributed by atoms with Crippen LogP contribution in [0.1, 0.15) is 6.92 Å². The Balaban J connectivity index is 2.00.